The van der Waals surface area contributed by atoms with Gasteiger partial charge < -0.3 is 10.2 Å². The number of nitrogens with one attached hydrogen (secondary N) is 1. The minimum Gasteiger partial charge on any atom is -0.370 e. The Labute approximate surface area is 109 Å². The van der Waals surface area contributed by atoms with Gasteiger partial charge in [0.15, 0.2) is 0 Å². The molecule has 0 saturated heterocycles. The summed E-state index contributed by atoms with van der Waals surface area (Å²) in [4.78, 5) is 2.62. The van der Waals surface area contributed by atoms with E-state index in [4.69, 9.17) is 0 Å². The van der Waals surface area contributed by atoms with Crippen molar-refractivity contribution in [2.75, 3.05) is 24.5 Å². The lowest BCUT2D eigenvalue weighted by molar-refractivity contribution is 0.141. The van der Waals surface area contributed by atoms with Crippen LogP contribution in [0.25, 0.3) is 0 Å². The van der Waals surface area contributed by atoms with Crippen LogP contribution in [0.5, 0.6) is 0 Å². The van der Waals surface area contributed by atoms with Gasteiger partial charge >= 0.3 is 0 Å². The average molecular weight is 242 g/mol. The summed E-state index contributed by atoms with van der Waals surface area (Å²) < 4.78 is 0. The van der Waals surface area contributed by atoms with Crippen molar-refractivity contribution in [1.29, 1.82) is 0 Å². The van der Waals surface area contributed by atoms with E-state index in [1.165, 1.54) is 37.9 Å². The third-order valence-corrected chi connectivity index (χ3v) is 5.22. The standard InChI is InChI=1S/C16H22N2/c1-12-9-16(10-12)5-7-18-8-6-17-11-13-3-2-4-14(16)15(13)18/h2-4,12,17H,5-11H2,1H3. The molecule has 0 atom stereocenters. The molecule has 1 N–H and O–H groups in total. The summed E-state index contributed by atoms with van der Waals surface area (Å²) in [6.07, 6.45) is 4.18. The van der Waals surface area contributed by atoms with Crippen LogP contribution in [0.1, 0.15) is 37.3 Å². The molecule has 1 aromatic rings. The fourth-order valence-electron chi connectivity index (χ4n) is 4.49. The maximum absolute atomic E-state index is 3.55. The summed E-state index contributed by atoms with van der Waals surface area (Å²) in [6.45, 7) is 7.01. The number of para-hydroxylation sites is 1. The van der Waals surface area contributed by atoms with Crippen LogP contribution >= 0.6 is 0 Å². The second kappa shape index (κ2) is 3.74. The molecule has 0 amide bonds. The molecule has 1 saturated carbocycles. The zero-order valence-electron chi connectivity index (χ0n) is 11.2. The molecular formula is C16H22N2. The molecule has 96 valence electrons. The fourth-order valence-corrected chi connectivity index (χ4v) is 4.49. The van der Waals surface area contributed by atoms with Crippen molar-refractivity contribution in [3.8, 4) is 0 Å². The molecule has 1 aliphatic carbocycles. The number of benzene rings is 1. The molecule has 0 unspecified atom stereocenters. The number of rotatable bonds is 0. The van der Waals surface area contributed by atoms with E-state index >= 15 is 0 Å². The molecule has 0 radical (unpaired) electrons. The van der Waals surface area contributed by atoms with Crippen LogP contribution in [0.4, 0.5) is 5.69 Å². The van der Waals surface area contributed by atoms with E-state index < -0.39 is 0 Å². The zero-order chi connectivity index (χ0) is 12.2. The van der Waals surface area contributed by atoms with Crippen molar-refractivity contribution in [2.24, 2.45) is 5.92 Å². The molecule has 2 aliphatic heterocycles. The molecule has 0 aromatic heterocycles. The lowest BCUT2D eigenvalue weighted by Gasteiger charge is -2.53. The maximum Gasteiger partial charge on any atom is 0.0450 e. The zero-order valence-corrected chi connectivity index (χ0v) is 11.2. The lowest BCUT2D eigenvalue weighted by Crippen LogP contribution is -2.48. The summed E-state index contributed by atoms with van der Waals surface area (Å²) >= 11 is 0. The van der Waals surface area contributed by atoms with E-state index in [2.05, 4.69) is 35.3 Å². The van der Waals surface area contributed by atoms with Crippen LogP contribution in [0.2, 0.25) is 0 Å². The number of hydrogen-bond donors (Lipinski definition) is 1. The molecule has 2 heteroatoms. The first-order valence-electron chi connectivity index (χ1n) is 7.37. The van der Waals surface area contributed by atoms with Gasteiger partial charge in [-0.2, -0.15) is 0 Å². The lowest BCUT2D eigenvalue weighted by atomic mass is 9.56. The van der Waals surface area contributed by atoms with E-state index in [1.807, 2.05) is 0 Å². The van der Waals surface area contributed by atoms with Gasteiger partial charge in [0, 0.05) is 31.9 Å². The SMILES string of the molecule is CC1CC2(CCN3CCNCc4cccc2c43)C1. The van der Waals surface area contributed by atoms with Gasteiger partial charge in [-0.1, -0.05) is 25.1 Å². The molecule has 1 spiro atoms. The molecule has 1 aromatic carbocycles. The van der Waals surface area contributed by atoms with Crippen molar-refractivity contribution in [3.63, 3.8) is 0 Å². The summed E-state index contributed by atoms with van der Waals surface area (Å²) in [5, 5.41) is 3.55. The summed E-state index contributed by atoms with van der Waals surface area (Å²) in [7, 11) is 0. The molecule has 2 nitrogen and oxygen atoms in total. The molecule has 18 heavy (non-hydrogen) atoms. The van der Waals surface area contributed by atoms with Crippen molar-refractivity contribution < 1.29 is 0 Å². The molecule has 2 heterocycles. The largest absolute Gasteiger partial charge is 0.370 e. The highest BCUT2D eigenvalue weighted by molar-refractivity contribution is 5.65. The number of fused-ring (bicyclic) bond motifs is 1. The highest BCUT2D eigenvalue weighted by Crippen LogP contribution is 2.55. The first kappa shape index (κ1) is 10.9. The average Bonchev–Trinajstić information content (AvgIpc) is 2.55. The predicted molar refractivity (Wildman–Crippen MR) is 75.1 cm³/mol. The third kappa shape index (κ3) is 1.38. The van der Waals surface area contributed by atoms with Crippen LogP contribution in [-0.2, 0) is 12.0 Å². The smallest absolute Gasteiger partial charge is 0.0450 e. The van der Waals surface area contributed by atoms with Crippen molar-refractivity contribution in [1.82, 2.24) is 5.32 Å². The van der Waals surface area contributed by atoms with Gasteiger partial charge in [0.2, 0.25) is 0 Å². The normalized spacial score (nSPS) is 33.8. The van der Waals surface area contributed by atoms with E-state index in [0.717, 1.165) is 19.0 Å². The summed E-state index contributed by atoms with van der Waals surface area (Å²) in [6, 6.07) is 6.99. The van der Waals surface area contributed by atoms with Gasteiger partial charge in [0.25, 0.3) is 0 Å². The van der Waals surface area contributed by atoms with E-state index in [0.29, 0.717) is 5.41 Å². The van der Waals surface area contributed by atoms with Crippen LogP contribution in [0.3, 0.4) is 0 Å². The minimum absolute atomic E-state index is 0.533. The third-order valence-electron chi connectivity index (χ3n) is 5.22. The fraction of sp³-hybridized carbons (Fsp3) is 0.625. The minimum atomic E-state index is 0.533. The van der Waals surface area contributed by atoms with E-state index in [-0.39, 0.29) is 0 Å². The van der Waals surface area contributed by atoms with Crippen LogP contribution in [0, 0.1) is 5.92 Å². The number of hydrogen-bond acceptors (Lipinski definition) is 2. The Hall–Kier alpha value is -1.02. The highest BCUT2D eigenvalue weighted by atomic mass is 15.2. The number of anilines is 1. The predicted octanol–water partition coefficient (Wildman–Crippen LogP) is 2.67. The molecule has 3 aliphatic rings. The Morgan fingerprint density at radius 3 is 3.00 bits per heavy atom. The topological polar surface area (TPSA) is 15.3 Å². The molecule has 4 rings (SSSR count). The van der Waals surface area contributed by atoms with Crippen molar-refractivity contribution in [3.05, 3.63) is 29.3 Å². The first-order chi connectivity index (χ1) is 8.78. The van der Waals surface area contributed by atoms with Crippen LogP contribution < -0.4 is 10.2 Å². The van der Waals surface area contributed by atoms with Gasteiger partial charge in [-0.05, 0) is 41.7 Å². The first-order valence-corrected chi connectivity index (χ1v) is 7.37. The summed E-state index contributed by atoms with van der Waals surface area (Å²) in [5.74, 6) is 0.927. The van der Waals surface area contributed by atoms with Gasteiger partial charge in [-0.25, -0.2) is 0 Å². The Morgan fingerprint density at radius 1 is 1.28 bits per heavy atom. The molecule has 0 bridgehead atoms. The molecular weight excluding hydrogens is 220 g/mol. The van der Waals surface area contributed by atoms with Gasteiger partial charge in [-0.15, -0.1) is 0 Å². The van der Waals surface area contributed by atoms with E-state index in [9.17, 15) is 0 Å². The Balaban J connectivity index is 1.85. The second-order valence-corrected chi connectivity index (χ2v) is 6.52. The summed E-state index contributed by atoms with van der Waals surface area (Å²) in [5.41, 5.74) is 5.29. The van der Waals surface area contributed by atoms with Gasteiger partial charge in [-0.3, -0.25) is 0 Å². The van der Waals surface area contributed by atoms with Crippen molar-refractivity contribution in [2.45, 2.75) is 38.1 Å². The van der Waals surface area contributed by atoms with Gasteiger partial charge in [0.1, 0.15) is 0 Å². The van der Waals surface area contributed by atoms with E-state index in [1.54, 1.807) is 11.3 Å². The van der Waals surface area contributed by atoms with Gasteiger partial charge in [0.05, 0.1) is 0 Å². The van der Waals surface area contributed by atoms with Crippen molar-refractivity contribution >= 4 is 5.69 Å². The Morgan fingerprint density at radius 2 is 2.17 bits per heavy atom. The Kier molecular flexibility index (Phi) is 2.25. The maximum atomic E-state index is 3.55. The Bertz CT molecular complexity index is 474. The highest BCUT2D eigenvalue weighted by Gasteiger charge is 2.47. The number of nitrogens with zero attached hydrogens (tertiary/aromatic N) is 1. The second-order valence-electron chi connectivity index (χ2n) is 6.52. The monoisotopic (exact) mass is 242 g/mol. The van der Waals surface area contributed by atoms with Crippen LogP contribution in [0.15, 0.2) is 18.2 Å². The van der Waals surface area contributed by atoms with Crippen LogP contribution in [-0.4, -0.2) is 19.6 Å². The molecule has 1 fully saturated rings. The quantitative estimate of drug-likeness (QED) is 0.752.